The van der Waals surface area contributed by atoms with E-state index in [-0.39, 0.29) is 29.3 Å². The Hall–Kier alpha value is -2.76. The number of hydrogen-bond donors (Lipinski definition) is 5. The molecule has 0 bridgehead atoms. The fourth-order valence-corrected chi connectivity index (χ4v) is 3.93. The summed E-state index contributed by atoms with van der Waals surface area (Å²) >= 11 is 0. The van der Waals surface area contributed by atoms with Crippen molar-refractivity contribution in [2.24, 2.45) is 0 Å². The maximum atomic E-state index is 12.7. The van der Waals surface area contributed by atoms with E-state index in [1.807, 2.05) is 0 Å². The number of sulfonamides is 1. The second-order valence-corrected chi connectivity index (χ2v) is 7.36. The van der Waals surface area contributed by atoms with Crippen LogP contribution < -0.4 is 21.2 Å². The van der Waals surface area contributed by atoms with Crippen LogP contribution in [0.25, 0.3) is 0 Å². The number of carboxylic acid groups (broad SMARTS) is 1. The summed E-state index contributed by atoms with van der Waals surface area (Å²) in [5.74, 6) is 0. The molecule has 3 rings (SSSR count). The van der Waals surface area contributed by atoms with Gasteiger partial charge < -0.3 is 25.8 Å². The average Bonchev–Trinajstić information content (AvgIpc) is 2.93. The Morgan fingerprint density at radius 2 is 2.04 bits per heavy atom. The fraction of sp³-hybridized carbons (Fsp3) is 0.133. The van der Waals surface area contributed by atoms with E-state index in [9.17, 15) is 18.2 Å². The Morgan fingerprint density at radius 1 is 1.27 bits per heavy atom. The predicted molar refractivity (Wildman–Crippen MR) is 95.4 cm³/mol. The van der Waals surface area contributed by atoms with E-state index in [2.05, 4.69) is 10.0 Å². The summed E-state index contributed by atoms with van der Waals surface area (Å²) in [5, 5.41) is 20.6. The highest BCUT2D eigenvalue weighted by Gasteiger charge is 2.28. The number of anilines is 2. The first-order chi connectivity index (χ1) is 12.3. The van der Waals surface area contributed by atoms with E-state index in [0.29, 0.717) is 11.2 Å². The zero-order valence-corrected chi connectivity index (χ0v) is 14.3. The molecule has 26 heavy (non-hydrogen) atoms. The molecule has 0 saturated carbocycles. The van der Waals surface area contributed by atoms with Gasteiger partial charge in [0, 0.05) is 17.9 Å². The van der Waals surface area contributed by atoms with Gasteiger partial charge in [0.05, 0.1) is 11.5 Å². The molecule has 1 aliphatic heterocycles. The van der Waals surface area contributed by atoms with Crippen LogP contribution in [0.4, 0.5) is 16.2 Å². The standard InChI is InChI=1S/C15H16BN3O6S/c17-11-2-4-14(10(5-11)7-18-15(20)21)26(23,24)19-12-3-1-9-8-25-16(22)13(9)6-12/h1-6,18-19,22H,7-8,17H2,(H,20,21). The molecule has 6 N–H and O–H groups in total. The third-order valence-electron chi connectivity index (χ3n) is 3.86. The minimum atomic E-state index is -4.00. The van der Waals surface area contributed by atoms with Gasteiger partial charge in [0.25, 0.3) is 10.0 Å². The molecular formula is C15H16BN3O6S. The van der Waals surface area contributed by atoms with Crippen molar-refractivity contribution in [2.45, 2.75) is 18.0 Å². The van der Waals surface area contributed by atoms with Crippen LogP contribution in [-0.4, -0.2) is 31.8 Å². The summed E-state index contributed by atoms with van der Waals surface area (Å²) < 4.78 is 33.0. The molecule has 136 valence electrons. The molecule has 2 aromatic carbocycles. The van der Waals surface area contributed by atoms with E-state index in [0.717, 1.165) is 5.56 Å². The van der Waals surface area contributed by atoms with Crippen molar-refractivity contribution in [3.8, 4) is 0 Å². The summed E-state index contributed by atoms with van der Waals surface area (Å²) in [4.78, 5) is 10.6. The molecule has 1 amide bonds. The molecular weight excluding hydrogens is 361 g/mol. The molecule has 1 heterocycles. The number of carbonyl (C=O) groups is 1. The number of hydrogen-bond acceptors (Lipinski definition) is 6. The molecule has 0 atom stereocenters. The van der Waals surface area contributed by atoms with E-state index < -0.39 is 23.2 Å². The van der Waals surface area contributed by atoms with Crippen molar-refractivity contribution in [1.82, 2.24) is 5.32 Å². The van der Waals surface area contributed by atoms with Gasteiger partial charge in [-0.3, -0.25) is 4.72 Å². The minimum Gasteiger partial charge on any atom is -0.465 e. The quantitative estimate of drug-likeness (QED) is 0.365. The van der Waals surface area contributed by atoms with Crippen LogP contribution in [0.15, 0.2) is 41.3 Å². The highest BCUT2D eigenvalue weighted by molar-refractivity contribution is 7.92. The van der Waals surface area contributed by atoms with Gasteiger partial charge in [0.2, 0.25) is 0 Å². The zero-order valence-electron chi connectivity index (χ0n) is 13.5. The molecule has 0 aromatic heterocycles. The lowest BCUT2D eigenvalue weighted by molar-refractivity contribution is 0.194. The first-order valence-electron chi connectivity index (χ1n) is 7.57. The van der Waals surface area contributed by atoms with Crippen molar-refractivity contribution in [3.05, 3.63) is 47.5 Å². The van der Waals surface area contributed by atoms with Crippen LogP contribution in [0, 0.1) is 0 Å². The largest absolute Gasteiger partial charge is 0.491 e. The molecule has 0 unspecified atom stereocenters. The number of benzene rings is 2. The van der Waals surface area contributed by atoms with Gasteiger partial charge in [-0.05, 0) is 46.9 Å². The Labute approximate surface area is 150 Å². The molecule has 0 spiro atoms. The second kappa shape index (κ2) is 6.86. The molecule has 2 aromatic rings. The van der Waals surface area contributed by atoms with Crippen molar-refractivity contribution in [1.29, 1.82) is 0 Å². The number of nitrogens with one attached hydrogen (secondary N) is 2. The summed E-state index contributed by atoms with van der Waals surface area (Å²) in [6.07, 6.45) is -1.28. The number of rotatable bonds is 5. The maximum absolute atomic E-state index is 12.7. The third kappa shape index (κ3) is 3.74. The average molecular weight is 377 g/mol. The molecule has 11 heteroatoms. The van der Waals surface area contributed by atoms with Crippen molar-refractivity contribution >= 4 is 40.1 Å². The zero-order chi connectivity index (χ0) is 18.9. The maximum Gasteiger partial charge on any atom is 0.491 e. The monoisotopic (exact) mass is 377 g/mol. The first kappa shape index (κ1) is 18.0. The molecule has 0 aliphatic carbocycles. The number of amides is 1. The van der Waals surface area contributed by atoms with Gasteiger partial charge >= 0.3 is 13.2 Å². The van der Waals surface area contributed by atoms with Crippen molar-refractivity contribution in [2.75, 3.05) is 10.5 Å². The Bertz CT molecular complexity index is 966. The van der Waals surface area contributed by atoms with Crippen LogP contribution in [0.3, 0.4) is 0 Å². The van der Waals surface area contributed by atoms with E-state index in [1.54, 1.807) is 12.1 Å². The lowest BCUT2D eigenvalue weighted by Crippen LogP contribution is -2.28. The molecule has 0 saturated heterocycles. The molecule has 1 aliphatic rings. The van der Waals surface area contributed by atoms with Gasteiger partial charge in [-0.1, -0.05) is 6.07 Å². The normalized spacial score (nSPS) is 13.3. The van der Waals surface area contributed by atoms with Gasteiger partial charge in [0.1, 0.15) is 0 Å². The highest BCUT2D eigenvalue weighted by Crippen LogP contribution is 2.23. The molecule has 9 nitrogen and oxygen atoms in total. The van der Waals surface area contributed by atoms with Gasteiger partial charge in [-0.2, -0.15) is 0 Å². The summed E-state index contributed by atoms with van der Waals surface area (Å²) in [5.41, 5.74) is 7.72. The van der Waals surface area contributed by atoms with Crippen LogP contribution in [-0.2, 0) is 27.8 Å². The molecule has 0 fully saturated rings. The van der Waals surface area contributed by atoms with E-state index >= 15 is 0 Å². The SMILES string of the molecule is Nc1ccc(S(=O)(=O)Nc2ccc3c(c2)B(O)OC3)c(CNC(=O)O)c1. The summed E-state index contributed by atoms with van der Waals surface area (Å²) in [6, 6.07) is 8.84. The summed E-state index contributed by atoms with van der Waals surface area (Å²) in [7, 11) is -5.10. The highest BCUT2D eigenvalue weighted by atomic mass is 32.2. The summed E-state index contributed by atoms with van der Waals surface area (Å²) in [6.45, 7) is 0.0415. The lowest BCUT2D eigenvalue weighted by Gasteiger charge is -2.14. The minimum absolute atomic E-state index is 0.0993. The predicted octanol–water partition coefficient (Wildman–Crippen LogP) is 0.0549. The number of nitrogen functional groups attached to an aromatic ring is 1. The lowest BCUT2D eigenvalue weighted by atomic mass is 9.79. The van der Waals surface area contributed by atoms with E-state index in [4.69, 9.17) is 15.5 Å². The van der Waals surface area contributed by atoms with Gasteiger partial charge in [-0.15, -0.1) is 0 Å². The Morgan fingerprint density at radius 3 is 2.77 bits per heavy atom. The third-order valence-corrected chi connectivity index (χ3v) is 5.35. The van der Waals surface area contributed by atoms with Crippen molar-refractivity contribution in [3.63, 3.8) is 0 Å². The number of fused-ring (bicyclic) bond motifs is 1. The second-order valence-electron chi connectivity index (χ2n) is 5.71. The van der Waals surface area contributed by atoms with Crippen LogP contribution in [0.1, 0.15) is 11.1 Å². The smallest absolute Gasteiger partial charge is 0.465 e. The van der Waals surface area contributed by atoms with E-state index in [1.165, 1.54) is 24.3 Å². The van der Waals surface area contributed by atoms with Crippen LogP contribution in [0.5, 0.6) is 0 Å². The van der Waals surface area contributed by atoms with Crippen molar-refractivity contribution < 1.29 is 28.0 Å². The van der Waals surface area contributed by atoms with Crippen LogP contribution >= 0.6 is 0 Å². The topological polar surface area (TPSA) is 151 Å². The number of nitrogens with two attached hydrogens (primary N) is 1. The first-order valence-corrected chi connectivity index (χ1v) is 9.05. The van der Waals surface area contributed by atoms with Gasteiger partial charge in [-0.25, -0.2) is 13.2 Å². The van der Waals surface area contributed by atoms with Crippen LogP contribution in [0.2, 0.25) is 0 Å². The fourth-order valence-electron chi connectivity index (χ4n) is 2.66. The van der Waals surface area contributed by atoms with Gasteiger partial charge in [0.15, 0.2) is 0 Å². The Balaban J connectivity index is 1.91. The molecule has 0 radical (unpaired) electrons. The Kier molecular flexibility index (Phi) is 4.76.